The van der Waals surface area contributed by atoms with Crippen molar-refractivity contribution in [2.75, 3.05) is 0 Å². The van der Waals surface area contributed by atoms with Gasteiger partial charge in [-0.3, -0.25) is 0 Å². The molecule has 0 bridgehead atoms. The molecule has 1 atom stereocenters. The Balaban J connectivity index is 0.000000223. The number of fused-ring (bicyclic) bond motifs is 4. The van der Waals surface area contributed by atoms with Gasteiger partial charge in [0.1, 0.15) is 0 Å². The van der Waals surface area contributed by atoms with Crippen molar-refractivity contribution in [2.45, 2.75) is 26.2 Å². The van der Waals surface area contributed by atoms with E-state index in [2.05, 4.69) is 55.5 Å². The molecule has 0 aliphatic heterocycles. The van der Waals surface area contributed by atoms with Crippen molar-refractivity contribution in [1.29, 1.82) is 0 Å². The van der Waals surface area contributed by atoms with Crippen LogP contribution in [0.1, 0.15) is 24.5 Å². The van der Waals surface area contributed by atoms with Gasteiger partial charge in [-0.25, -0.2) is 0 Å². The highest BCUT2D eigenvalue weighted by atomic mass is 14.2. The monoisotopic (exact) mass is 324 g/mol. The fourth-order valence-corrected chi connectivity index (χ4v) is 3.93. The van der Waals surface area contributed by atoms with Gasteiger partial charge in [0.2, 0.25) is 0 Å². The molecule has 0 amide bonds. The van der Waals surface area contributed by atoms with Crippen LogP contribution in [0.2, 0.25) is 0 Å². The van der Waals surface area contributed by atoms with Crippen LogP contribution in [0.3, 0.4) is 0 Å². The second-order valence-electron chi connectivity index (χ2n) is 6.99. The van der Waals surface area contributed by atoms with Gasteiger partial charge in [0, 0.05) is 0 Å². The molecule has 0 N–H and O–H groups in total. The van der Waals surface area contributed by atoms with Crippen molar-refractivity contribution < 1.29 is 0 Å². The van der Waals surface area contributed by atoms with E-state index in [0.717, 1.165) is 12.3 Å². The Hall–Kier alpha value is -2.60. The third-order valence-electron chi connectivity index (χ3n) is 5.22. The normalized spacial score (nSPS) is 16.8. The van der Waals surface area contributed by atoms with Crippen LogP contribution < -0.4 is 10.4 Å². The van der Waals surface area contributed by atoms with Crippen LogP contribution in [-0.2, 0) is 12.8 Å². The molecule has 0 spiro atoms. The summed E-state index contributed by atoms with van der Waals surface area (Å²) in [6.07, 6.45) is 8.46. The smallest absolute Gasteiger partial charge is 0.00791 e. The molecule has 3 aromatic carbocycles. The van der Waals surface area contributed by atoms with Crippen LogP contribution in [0.4, 0.5) is 0 Å². The predicted molar refractivity (Wildman–Crippen MR) is 106 cm³/mol. The summed E-state index contributed by atoms with van der Waals surface area (Å²) in [5.41, 5.74) is 3.17. The summed E-state index contributed by atoms with van der Waals surface area (Å²) < 4.78 is 0. The quantitative estimate of drug-likeness (QED) is 0.576. The SMILES string of the molecule is C[C@H]1C=c2ccc3c(c2CC1)CC=c1ccccc1=3.c1ccccc1. The van der Waals surface area contributed by atoms with E-state index < -0.39 is 0 Å². The average molecular weight is 324 g/mol. The van der Waals surface area contributed by atoms with Gasteiger partial charge in [-0.05, 0) is 57.2 Å². The number of rotatable bonds is 0. The van der Waals surface area contributed by atoms with Crippen LogP contribution in [0.15, 0.2) is 72.8 Å². The summed E-state index contributed by atoms with van der Waals surface area (Å²) in [4.78, 5) is 0. The second kappa shape index (κ2) is 7.11. The molecule has 3 aromatic rings. The molecule has 0 unspecified atom stereocenters. The lowest BCUT2D eigenvalue weighted by Gasteiger charge is -2.19. The van der Waals surface area contributed by atoms with Gasteiger partial charge in [0.15, 0.2) is 0 Å². The Morgan fingerprint density at radius 1 is 0.680 bits per heavy atom. The van der Waals surface area contributed by atoms with Crippen LogP contribution in [0.5, 0.6) is 0 Å². The van der Waals surface area contributed by atoms with Gasteiger partial charge in [-0.15, -0.1) is 0 Å². The zero-order valence-electron chi connectivity index (χ0n) is 14.8. The van der Waals surface area contributed by atoms with Gasteiger partial charge in [-0.2, -0.15) is 0 Å². The van der Waals surface area contributed by atoms with Gasteiger partial charge in [0.05, 0.1) is 0 Å². The van der Waals surface area contributed by atoms with Crippen molar-refractivity contribution in [2.24, 2.45) is 5.92 Å². The molecule has 124 valence electrons. The van der Waals surface area contributed by atoms with Crippen molar-refractivity contribution >= 4 is 12.2 Å². The molecule has 5 rings (SSSR count). The zero-order chi connectivity index (χ0) is 17.1. The fraction of sp³-hybridized carbons (Fsp3) is 0.200. The average Bonchev–Trinajstić information content (AvgIpc) is 2.69. The highest BCUT2D eigenvalue weighted by Gasteiger charge is 2.13. The van der Waals surface area contributed by atoms with Crippen LogP contribution in [-0.4, -0.2) is 0 Å². The first-order valence-corrected chi connectivity index (χ1v) is 9.25. The predicted octanol–water partition coefficient (Wildman–Crippen LogP) is 4.36. The van der Waals surface area contributed by atoms with Gasteiger partial charge < -0.3 is 0 Å². The molecule has 25 heavy (non-hydrogen) atoms. The minimum atomic E-state index is 0.727. The number of hydrogen-bond acceptors (Lipinski definition) is 0. The molecule has 0 aromatic heterocycles. The molecule has 0 nitrogen and oxygen atoms in total. The summed E-state index contributed by atoms with van der Waals surface area (Å²) >= 11 is 0. The Kier molecular flexibility index (Phi) is 4.52. The van der Waals surface area contributed by atoms with E-state index in [-0.39, 0.29) is 0 Å². The molecule has 0 fully saturated rings. The molecule has 2 aliphatic rings. The Labute approximate surface area is 149 Å². The van der Waals surface area contributed by atoms with Gasteiger partial charge in [-0.1, -0.05) is 91.9 Å². The van der Waals surface area contributed by atoms with Crippen molar-refractivity contribution in [1.82, 2.24) is 0 Å². The minimum Gasteiger partial charge on any atom is -0.0741 e. The summed E-state index contributed by atoms with van der Waals surface area (Å²) in [6.45, 7) is 2.32. The van der Waals surface area contributed by atoms with E-state index >= 15 is 0 Å². The summed E-state index contributed by atoms with van der Waals surface area (Å²) in [6, 6.07) is 25.4. The van der Waals surface area contributed by atoms with Crippen LogP contribution in [0, 0.1) is 16.4 Å². The number of hydrogen-bond donors (Lipinski definition) is 0. The Morgan fingerprint density at radius 2 is 1.40 bits per heavy atom. The zero-order valence-corrected chi connectivity index (χ0v) is 14.8. The highest BCUT2D eigenvalue weighted by Crippen LogP contribution is 2.20. The maximum absolute atomic E-state index is 2.44. The maximum Gasteiger partial charge on any atom is -0.00791 e. The maximum atomic E-state index is 2.44. The molecular formula is C25H24. The van der Waals surface area contributed by atoms with E-state index in [1.807, 2.05) is 36.4 Å². The first kappa shape index (κ1) is 15.9. The highest BCUT2D eigenvalue weighted by molar-refractivity contribution is 5.47. The lowest BCUT2D eigenvalue weighted by atomic mass is 9.86. The van der Waals surface area contributed by atoms with Crippen molar-refractivity contribution in [3.8, 4) is 0 Å². The van der Waals surface area contributed by atoms with E-state index in [1.165, 1.54) is 33.7 Å². The third-order valence-corrected chi connectivity index (χ3v) is 5.22. The largest absolute Gasteiger partial charge is 0.0741 e. The van der Waals surface area contributed by atoms with E-state index in [0.29, 0.717) is 0 Å². The third kappa shape index (κ3) is 3.30. The molecule has 0 heteroatoms. The lowest BCUT2D eigenvalue weighted by molar-refractivity contribution is 0.656. The Bertz CT molecular complexity index is 1050. The lowest BCUT2D eigenvalue weighted by Crippen LogP contribution is -2.22. The number of benzene rings is 3. The first-order valence-electron chi connectivity index (χ1n) is 9.25. The summed E-state index contributed by atoms with van der Waals surface area (Å²) in [5.74, 6) is 0.727. The molecule has 0 heterocycles. The van der Waals surface area contributed by atoms with Gasteiger partial charge in [0.25, 0.3) is 0 Å². The first-order chi connectivity index (χ1) is 12.3. The molecule has 0 radical (unpaired) electrons. The summed E-state index contributed by atoms with van der Waals surface area (Å²) in [5, 5.41) is 5.73. The van der Waals surface area contributed by atoms with E-state index in [1.54, 1.807) is 11.1 Å². The van der Waals surface area contributed by atoms with Crippen LogP contribution >= 0.6 is 0 Å². The topological polar surface area (TPSA) is 0 Å². The second-order valence-corrected chi connectivity index (χ2v) is 6.99. The van der Waals surface area contributed by atoms with Crippen molar-refractivity contribution in [3.63, 3.8) is 0 Å². The van der Waals surface area contributed by atoms with E-state index in [9.17, 15) is 0 Å². The van der Waals surface area contributed by atoms with Crippen molar-refractivity contribution in [3.05, 3.63) is 105 Å². The fourth-order valence-electron chi connectivity index (χ4n) is 3.93. The van der Waals surface area contributed by atoms with E-state index in [4.69, 9.17) is 0 Å². The molecule has 0 saturated carbocycles. The molecule has 0 saturated heterocycles. The minimum absolute atomic E-state index is 0.727. The molecule has 2 aliphatic carbocycles. The van der Waals surface area contributed by atoms with Crippen LogP contribution in [0.25, 0.3) is 12.2 Å². The standard InChI is InChI=1S/C19H18.C6H6/c1-13-6-9-17-15(12-13)8-11-18-16-5-3-2-4-14(16)7-10-19(17)18;1-2-4-6-5-3-1/h2-5,7-8,11-13H,6,9-10H2,1H3;1-6H/t13-;/m1./s1. The molecular weight excluding hydrogens is 300 g/mol. The Morgan fingerprint density at radius 3 is 2.16 bits per heavy atom. The summed E-state index contributed by atoms with van der Waals surface area (Å²) in [7, 11) is 0. The van der Waals surface area contributed by atoms with Gasteiger partial charge >= 0.3 is 0 Å².